The number of benzene rings is 1. The highest BCUT2D eigenvalue weighted by Gasteiger charge is 2.27. The molecule has 37 heavy (non-hydrogen) atoms. The third-order valence-corrected chi connectivity index (χ3v) is 6.28. The van der Waals surface area contributed by atoms with E-state index < -0.39 is 11.9 Å². The van der Waals surface area contributed by atoms with Crippen LogP contribution in [0.3, 0.4) is 0 Å². The number of nitrogens with one attached hydrogen (secondary N) is 2. The van der Waals surface area contributed by atoms with Gasteiger partial charge in [-0.05, 0) is 44.4 Å². The van der Waals surface area contributed by atoms with E-state index in [1.165, 1.54) is 13.3 Å². The molecular weight excluding hydrogens is 474 g/mol. The molecule has 3 aromatic rings. The summed E-state index contributed by atoms with van der Waals surface area (Å²) < 4.78 is 12.1. The topological polar surface area (TPSA) is 144 Å². The minimum absolute atomic E-state index is 0.150. The molecule has 2 N–H and O–H groups in total. The van der Waals surface area contributed by atoms with E-state index in [1.807, 2.05) is 31.3 Å². The molecule has 1 fully saturated rings. The van der Waals surface area contributed by atoms with Gasteiger partial charge < -0.3 is 24.7 Å². The number of methoxy groups -OCH3 is 1. The first kappa shape index (κ1) is 25.6. The van der Waals surface area contributed by atoms with Crippen LogP contribution in [-0.2, 0) is 21.4 Å². The summed E-state index contributed by atoms with van der Waals surface area (Å²) >= 11 is 0. The van der Waals surface area contributed by atoms with E-state index >= 15 is 0 Å². The van der Waals surface area contributed by atoms with Crippen LogP contribution in [0.25, 0.3) is 11.0 Å². The summed E-state index contributed by atoms with van der Waals surface area (Å²) in [6, 6.07) is 7.73. The summed E-state index contributed by atoms with van der Waals surface area (Å²) in [4.78, 5) is 37.1. The Morgan fingerprint density at radius 1 is 1.27 bits per heavy atom. The number of ether oxygens (including phenoxy) is 2. The van der Waals surface area contributed by atoms with Crippen molar-refractivity contribution in [2.24, 2.45) is 7.05 Å². The molecule has 11 heteroatoms. The standard InChI is InChI=1S/C26H29N7O4/c1-4-37-23(35)11-10-22(34)29-19-8-9-21-20(13-19)31-24(33(21)2)16-6-5-7-18(12-16)30-26-28-15-17(14-27)25(32-26)36-3/h8-11,13,15-16,18H,4-7,12H2,1-3H3,(H,29,34)(H,28,30,32)/b11-10+/t16-,18+/m0/s1. The monoisotopic (exact) mass is 503 g/mol. The van der Waals surface area contributed by atoms with E-state index in [0.29, 0.717) is 17.2 Å². The molecule has 0 bridgehead atoms. The average molecular weight is 504 g/mol. The number of hydrogen-bond donors (Lipinski definition) is 2. The van der Waals surface area contributed by atoms with Crippen molar-refractivity contribution in [2.75, 3.05) is 24.4 Å². The van der Waals surface area contributed by atoms with Gasteiger partial charge in [0, 0.05) is 36.8 Å². The maximum atomic E-state index is 12.2. The number of carbonyl (C=O) groups is 2. The predicted molar refractivity (Wildman–Crippen MR) is 137 cm³/mol. The first-order valence-corrected chi connectivity index (χ1v) is 12.1. The van der Waals surface area contributed by atoms with Crippen molar-refractivity contribution in [3.63, 3.8) is 0 Å². The number of nitriles is 1. The lowest BCUT2D eigenvalue weighted by molar-refractivity contribution is -0.137. The molecule has 0 aliphatic heterocycles. The van der Waals surface area contributed by atoms with Gasteiger partial charge in [-0.1, -0.05) is 6.42 Å². The first-order valence-electron chi connectivity index (χ1n) is 12.1. The number of nitrogens with zero attached hydrogens (tertiary/aromatic N) is 5. The van der Waals surface area contributed by atoms with Gasteiger partial charge in [0.25, 0.3) is 0 Å². The zero-order valence-corrected chi connectivity index (χ0v) is 21.0. The number of hydrogen-bond acceptors (Lipinski definition) is 9. The van der Waals surface area contributed by atoms with Crippen molar-refractivity contribution in [1.29, 1.82) is 5.26 Å². The third kappa shape index (κ3) is 6.03. The van der Waals surface area contributed by atoms with E-state index in [1.54, 1.807) is 6.92 Å². The lowest BCUT2D eigenvalue weighted by atomic mass is 9.85. The molecule has 2 heterocycles. The fraction of sp³-hybridized carbons (Fsp3) is 0.385. The van der Waals surface area contributed by atoms with Crippen LogP contribution in [0, 0.1) is 11.3 Å². The Labute approximate surface area is 214 Å². The van der Waals surface area contributed by atoms with Gasteiger partial charge in [0.2, 0.25) is 17.7 Å². The summed E-state index contributed by atoms with van der Waals surface area (Å²) in [6.45, 7) is 1.95. The largest absolute Gasteiger partial charge is 0.480 e. The Morgan fingerprint density at radius 3 is 2.86 bits per heavy atom. The van der Waals surface area contributed by atoms with Crippen molar-refractivity contribution in [1.82, 2.24) is 19.5 Å². The van der Waals surface area contributed by atoms with E-state index in [-0.39, 0.29) is 24.4 Å². The molecule has 0 saturated heterocycles. The molecule has 2 aromatic heterocycles. The van der Waals surface area contributed by atoms with Gasteiger partial charge in [-0.3, -0.25) is 4.79 Å². The number of anilines is 2. The van der Waals surface area contributed by atoms with Crippen LogP contribution < -0.4 is 15.4 Å². The predicted octanol–water partition coefficient (Wildman–Crippen LogP) is 3.44. The molecule has 4 rings (SSSR count). The van der Waals surface area contributed by atoms with Crippen LogP contribution in [0.1, 0.15) is 49.9 Å². The molecule has 0 radical (unpaired) electrons. The molecule has 192 valence electrons. The van der Waals surface area contributed by atoms with Crippen LogP contribution in [-0.4, -0.2) is 51.2 Å². The van der Waals surface area contributed by atoms with Crippen molar-refractivity contribution in [2.45, 2.75) is 44.6 Å². The zero-order valence-electron chi connectivity index (χ0n) is 21.0. The van der Waals surface area contributed by atoms with E-state index in [2.05, 4.69) is 25.2 Å². The van der Waals surface area contributed by atoms with Crippen LogP contribution >= 0.6 is 0 Å². The molecule has 0 spiro atoms. The molecule has 1 aliphatic rings. The van der Waals surface area contributed by atoms with Crippen molar-refractivity contribution in [3.8, 4) is 11.9 Å². The second-order valence-electron chi connectivity index (χ2n) is 8.74. The van der Waals surface area contributed by atoms with Gasteiger partial charge in [-0.25, -0.2) is 14.8 Å². The minimum atomic E-state index is -0.562. The van der Waals surface area contributed by atoms with Gasteiger partial charge >= 0.3 is 5.97 Å². The van der Waals surface area contributed by atoms with Crippen LogP contribution in [0.4, 0.5) is 11.6 Å². The number of carbonyl (C=O) groups excluding carboxylic acids is 2. The Morgan fingerprint density at radius 2 is 2.11 bits per heavy atom. The third-order valence-electron chi connectivity index (χ3n) is 6.28. The Balaban J connectivity index is 1.46. The van der Waals surface area contributed by atoms with Crippen molar-refractivity contribution in [3.05, 3.63) is 47.9 Å². The van der Waals surface area contributed by atoms with Crippen LogP contribution in [0.2, 0.25) is 0 Å². The van der Waals surface area contributed by atoms with Gasteiger partial charge in [0.05, 0.1) is 30.9 Å². The summed E-state index contributed by atoms with van der Waals surface area (Å²) in [5.41, 5.74) is 2.62. The number of fused-ring (bicyclic) bond motifs is 1. The molecular formula is C26H29N7O4. The number of aromatic nitrogens is 4. The lowest BCUT2D eigenvalue weighted by Crippen LogP contribution is -2.28. The second-order valence-corrected chi connectivity index (χ2v) is 8.74. The molecule has 11 nitrogen and oxygen atoms in total. The highest BCUT2D eigenvalue weighted by atomic mass is 16.5. The number of rotatable bonds is 8. The molecule has 1 amide bonds. The van der Waals surface area contributed by atoms with E-state index in [9.17, 15) is 9.59 Å². The fourth-order valence-corrected chi connectivity index (χ4v) is 4.59. The maximum absolute atomic E-state index is 12.2. The molecule has 0 unspecified atom stereocenters. The summed E-state index contributed by atoms with van der Waals surface area (Å²) in [5.74, 6) is 0.907. The van der Waals surface area contributed by atoms with Crippen molar-refractivity contribution >= 4 is 34.5 Å². The molecule has 2 atom stereocenters. The van der Waals surface area contributed by atoms with Crippen molar-refractivity contribution < 1.29 is 19.1 Å². The summed E-state index contributed by atoms with van der Waals surface area (Å²) in [7, 11) is 3.48. The molecule has 1 aliphatic carbocycles. The normalized spacial score (nSPS) is 17.4. The summed E-state index contributed by atoms with van der Waals surface area (Å²) in [6.07, 6.45) is 7.56. The van der Waals surface area contributed by atoms with Gasteiger partial charge in [0.1, 0.15) is 17.5 Å². The van der Waals surface area contributed by atoms with Gasteiger partial charge in [-0.15, -0.1) is 0 Å². The maximum Gasteiger partial charge on any atom is 0.330 e. The Kier molecular flexibility index (Phi) is 7.98. The van der Waals surface area contributed by atoms with Crippen LogP contribution in [0.15, 0.2) is 36.5 Å². The minimum Gasteiger partial charge on any atom is -0.480 e. The number of amides is 1. The Hall–Kier alpha value is -4.46. The quantitative estimate of drug-likeness (QED) is 0.349. The number of esters is 1. The highest BCUT2D eigenvalue weighted by molar-refractivity contribution is 6.03. The number of aryl methyl sites for hydroxylation is 1. The Bertz CT molecular complexity index is 1380. The van der Waals surface area contributed by atoms with E-state index in [0.717, 1.165) is 54.7 Å². The average Bonchev–Trinajstić information content (AvgIpc) is 3.23. The lowest BCUT2D eigenvalue weighted by Gasteiger charge is -2.29. The fourth-order valence-electron chi connectivity index (χ4n) is 4.59. The first-order chi connectivity index (χ1) is 17.9. The zero-order chi connectivity index (χ0) is 26.4. The second kappa shape index (κ2) is 11.5. The smallest absolute Gasteiger partial charge is 0.330 e. The van der Waals surface area contributed by atoms with Gasteiger partial charge in [0.15, 0.2) is 0 Å². The highest BCUT2D eigenvalue weighted by Crippen LogP contribution is 2.35. The van der Waals surface area contributed by atoms with Gasteiger partial charge in [-0.2, -0.15) is 10.2 Å². The van der Waals surface area contributed by atoms with Crippen LogP contribution in [0.5, 0.6) is 5.88 Å². The molecule has 1 aromatic carbocycles. The SMILES string of the molecule is CCOC(=O)/C=C/C(=O)Nc1ccc2c(c1)nc([C@H]1CCC[C@@H](Nc3ncc(C#N)c(OC)n3)C1)n2C. The summed E-state index contributed by atoms with van der Waals surface area (Å²) in [5, 5.41) is 15.3. The number of imidazole rings is 1. The van der Waals surface area contributed by atoms with E-state index in [4.69, 9.17) is 19.7 Å². The molecule has 1 saturated carbocycles.